The molecule has 1 heterocycles. The SMILES string of the molecule is CCC1CNC(CC(C)C)CN1C1CCCCCC1C. The Morgan fingerprint density at radius 3 is 2.60 bits per heavy atom. The Morgan fingerprint density at radius 2 is 1.90 bits per heavy atom. The van der Waals surface area contributed by atoms with E-state index in [4.69, 9.17) is 0 Å². The molecule has 0 bridgehead atoms. The molecule has 20 heavy (non-hydrogen) atoms. The van der Waals surface area contributed by atoms with Gasteiger partial charge in [0, 0.05) is 31.2 Å². The Balaban J connectivity index is 2.03. The van der Waals surface area contributed by atoms with Crippen LogP contribution >= 0.6 is 0 Å². The van der Waals surface area contributed by atoms with Crippen LogP contribution in [0, 0.1) is 11.8 Å². The minimum Gasteiger partial charge on any atom is -0.311 e. The maximum Gasteiger partial charge on any atom is 0.0221 e. The zero-order valence-corrected chi connectivity index (χ0v) is 14.2. The third-order valence-corrected chi connectivity index (χ3v) is 5.51. The van der Waals surface area contributed by atoms with E-state index in [1.54, 1.807) is 0 Å². The van der Waals surface area contributed by atoms with Gasteiger partial charge in [-0.2, -0.15) is 0 Å². The Morgan fingerprint density at radius 1 is 1.15 bits per heavy atom. The van der Waals surface area contributed by atoms with Crippen LogP contribution in [-0.2, 0) is 0 Å². The average molecular weight is 280 g/mol. The number of nitrogens with one attached hydrogen (secondary N) is 1. The maximum absolute atomic E-state index is 3.81. The van der Waals surface area contributed by atoms with E-state index >= 15 is 0 Å². The van der Waals surface area contributed by atoms with Crippen molar-refractivity contribution < 1.29 is 0 Å². The number of hydrogen-bond acceptors (Lipinski definition) is 2. The molecule has 1 aliphatic carbocycles. The van der Waals surface area contributed by atoms with Gasteiger partial charge in [-0.25, -0.2) is 0 Å². The van der Waals surface area contributed by atoms with Crippen molar-refractivity contribution in [2.45, 2.75) is 90.8 Å². The first kappa shape index (κ1) is 16.3. The first-order valence-electron chi connectivity index (χ1n) is 9.11. The molecular weight excluding hydrogens is 244 g/mol. The molecule has 1 aliphatic heterocycles. The number of hydrogen-bond donors (Lipinski definition) is 1. The third kappa shape index (κ3) is 4.21. The van der Waals surface area contributed by atoms with Crippen LogP contribution in [0.3, 0.4) is 0 Å². The van der Waals surface area contributed by atoms with Gasteiger partial charge in [-0.1, -0.05) is 47.0 Å². The van der Waals surface area contributed by atoms with Crippen LogP contribution in [0.1, 0.15) is 72.6 Å². The van der Waals surface area contributed by atoms with Gasteiger partial charge in [0.2, 0.25) is 0 Å². The van der Waals surface area contributed by atoms with Crippen LogP contribution in [0.4, 0.5) is 0 Å². The molecule has 1 saturated heterocycles. The first-order valence-corrected chi connectivity index (χ1v) is 9.11. The van der Waals surface area contributed by atoms with E-state index in [1.165, 1.54) is 58.0 Å². The van der Waals surface area contributed by atoms with Crippen molar-refractivity contribution in [1.82, 2.24) is 10.2 Å². The van der Waals surface area contributed by atoms with Crippen LogP contribution in [0.2, 0.25) is 0 Å². The van der Waals surface area contributed by atoms with E-state index < -0.39 is 0 Å². The molecule has 118 valence electrons. The lowest BCUT2D eigenvalue weighted by Crippen LogP contribution is -2.60. The fourth-order valence-corrected chi connectivity index (χ4v) is 4.37. The lowest BCUT2D eigenvalue weighted by atomic mass is 9.90. The van der Waals surface area contributed by atoms with Gasteiger partial charge >= 0.3 is 0 Å². The Hall–Kier alpha value is -0.0800. The highest BCUT2D eigenvalue weighted by Crippen LogP contribution is 2.30. The molecule has 4 atom stereocenters. The van der Waals surface area contributed by atoms with E-state index in [-0.39, 0.29) is 0 Å². The molecule has 1 saturated carbocycles. The smallest absolute Gasteiger partial charge is 0.0221 e. The number of nitrogens with zero attached hydrogens (tertiary/aromatic N) is 1. The fraction of sp³-hybridized carbons (Fsp3) is 1.00. The molecule has 0 radical (unpaired) electrons. The number of rotatable bonds is 4. The van der Waals surface area contributed by atoms with E-state index in [1.807, 2.05) is 0 Å². The van der Waals surface area contributed by atoms with Crippen LogP contribution in [-0.4, -0.2) is 36.1 Å². The molecule has 4 unspecified atom stereocenters. The molecule has 2 nitrogen and oxygen atoms in total. The molecule has 0 aromatic rings. The zero-order valence-electron chi connectivity index (χ0n) is 14.2. The molecule has 2 rings (SSSR count). The van der Waals surface area contributed by atoms with Crippen molar-refractivity contribution in [3.8, 4) is 0 Å². The second-order valence-corrected chi connectivity index (χ2v) is 7.68. The van der Waals surface area contributed by atoms with Crippen molar-refractivity contribution >= 4 is 0 Å². The average Bonchev–Trinajstić information content (AvgIpc) is 2.62. The number of piperazine rings is 1. The molecule has 2 aliphatic rings. The Bertz CT molecular complexity index is 277. The van der Waals surface area contributed by atoms with E-state index in [9.17, 15) is 0 Å². The summed E-state index contributed by atoms with van der Waals surface area (Å²) in [6.45, 7) is 12.1. The summed E-state index contributed by atoms with van der Waals surface area (Å²) in [6, 6.07) is 2.33. The van der Waals surface area contributed by atoms with Gasteiger partial charge < -0.3 is 5.32 Å². The van der Waals surface area contributed by atoms with Gasteiger partial charge in [0.15, 0.2) is 0 Å². The van der Waals surface area contributed by atoms with Crippen molar-refractivity contribution in [3.05, 3.63) is 0 Å². The minimum absolute atomic E-state index is 0.716. The molecule has 0 spiro atoms. The van der Waals surface area contributed by atoms with Crippen LogP contribution in [0.5, 0.6) is 0 Å². The van der Waals surface area contributed by atoms with Gasteiger partial charge in [0.25, 0.3) is 0 Å². The zero-order chi connectivity index (χ0) is 14.5. The molecule has 0 aromatic heterocycles. The predicted molar refractivity (Wildman–Crippen MR) is 88.1 cm³/mol. The summed E-state index contributed by atoms with van der Waals surface area (Å²) in [7, 11) is 0. The minimum atomic E-state index is 0.716. The normalized spacial score (nSPS) is 37.0. The predicted octanol–water partition coefficient (Wildman–Crippen LogP) is 4.05. The van der Waals surface area contributed by atoms with Crippen LogP contribution in [0.25, 0.3) is 0 Å². The lowest BCUT2D eigenvalue weighted by Gasteiger charge is -2.46. The molecule has 0 amide bonds. The third-order valence-electron chi connectivity index (χ3n) is 5.51. The van der Waals surface area contributed by atoms with Gasteiger partial charge in [-0.3, -0.25) is 4.90 Å². The van der Waals surface area contributed by atoms with Crippen LogP contribution < -0.4 is 5.32 Å². The topological polar surface area (TPSA) is 15.3 Å². The highest BCUT2D eigenvalue weighted by Gasteiger charge is 2.34. The second-order valence-electron chi connectivity index (χ2n) is 7.68. The molecule has 2 fully saturated rings. The maximum atomic E-state index is 3.81. The van der Waals surface area contributed by atoms with E-state index in [0.717, 1.165) is 23.9 Å². The summed E-state index contributed by atoms with van der Waals surface area (Å²) >= 11 is 0. The van der Waals surface area contributed by atoms with Gasteiger partial charge in [-0.05, 0) is 37.5 Å². The van der Waals surface area contributed by atoms with Crippen molar-refractivity contribution in [2.75, 3.05) is 13.1 Å². The summed E-state index contributed by atoms with van der Waals surface area (Å²) in [5.41, 5.74) is 0. The van der Waals surface area contributed by atoms with Crippen LogP contribution in [0.15, 0.2) is 0 Å². The highest BCUT2D eigenvalue weighted by atomic mass is 15.3. The quantitative estimate of drug-likeness (QED) is 0.781. The summed E-state index contributed by atoms with van der Waals surface area (Å²) in [5, 5.41) is 3.81. The lowest BCUT2D eigenvalue weighted by molar-refractivity contribution is 0.0447. The highest BCUT2D eigenvalue weighted by molar-refractivity contribution is 4.92. The molecule has 1 N–H and O–H groups in total. The summed E-state index contributed by atoms with van der Waals surface area (Å²) in [4.78, 5) is 2.90. The van der Waals surface area contributed by atoms with Gasteiger partial charge in [-0.15, -0.1) is 0 Å². The Labute approximate surface area is 126 Å². The summed E-state index contributed by atoms with van der Waals surface area (Å²) < 4.78 is 0. The first-order chi connectivity index (χ1) is 9.61. The van der Waals surface area contributed by atoms with Crippen molar-refractivity contribution in [2.24, 2.45) is 11.8 Å². The van der Waals surface area contributed by atoms with Gasteiger partial charge in [0.1, 0.15) is 0 Å². The van der Waals surface area contributed by atoms with Crippen molar-refractivity contribution in [3.63, 3.8) is 0 Å². The summed E-state index contributed by atoms with van der Waals surface area (Å²) in [5.74, 6) is 1.70. The summed E-state index contributed by atoms with van der Waals surface area (Å²) in [6.07, 6.45) is 9.87. The fourth-order valence-electron chi connectivity index (χ4n) is 4.37. The second kappa shape index (κ2) is 7.79. The molecule has 0 aromatic carbocycles. The van der Waals surface area contributed by atoms with E-state index in [2.05, 4.69) is 37.9 Å². The molecule has 2 heteroatoms. The Kier molecular flexibility index (Phi) is 6.35. The monoisotopic (exact) mass is 280 g/mol. The standard InChI is InChI=1S/C18H36N2/c1-5-17-12-19-16(11-14(2)3)13-20(17)18-10-8-6-7-9-15(18)4/h14-19H,5-13H2,1-4H3. The van der Waals surface area contributed by atoms with Crippen molar-refractivity contribution in [1.29, 1.82) is 0 Å². The van der Waals surface area contributed by atoms with E-state index in [0.29, 0.717) is 6.04 Å². The van der Waals surface area contributed by atoms with Gasteiger partial charge in [0.05, 0.1) is 0 Å². The molecular formula is C18H36N2. The largest absolute Gasteiger partial charge is 0.311 e.